The smallest absolute Gasteiger partial charge is 0.126 e. The molecule has 0 bridgehead atoms. The van der Waals surface area contributed by atoms with Crippen LogP contribution in [0.5, 0.6) is 0 Å². The molecule has 2 aromatic rings. The number of nitrogens with two attached hydrogens (primary N) is 1. The fourth-order valence-electron chi connectivity index (χ4n) is 2.22. The van der Waals surface area contributed by atoms with E-state index in [-0.39, 0.29) is 11.7 Å². The first-order valence-corrected chi connectivity index (χ1v) is 7.23. The maximum atomic E-state index is 13.8. The Bertz CT molecular complexity index is 586. The van der Waals surface area contributed by atoms with Gasteiger partial charge in [0, 0.05) is 10.0 Å². The molecule has 2 N–H and O–H groups in total. The molecule has 0 radical (unpaired) electrons. The van der Waals surface area contributed by atoms with Gasteiger partial charge in [0.05, 0.1) is 0 Å². The lowest BCUT2D eigenvalue weighted by molar-refractivity contribution is 0.512. The highest BCUT2D eigenvalue weighted by atomic mass is 35.5. The van der Waals surface area contributed by atoms with Crippen LogP contribution < -0.4 is 5.73 Å². The average Bonchev–Trinajstić information content (AvgIpc) is 2.44. The van der Waals surface area contributed by atoms with Gasteiger partial charge in [-0.15, -0.1) is 0 Å². The Balaban J connectivity index is 2.13. The van der Waals surface area contributed by atoms with Gasteiger partial charge in [-0.05, 0) is 60.7 Å². The van der Waals surface area contributed by atoms with Crippen molar-refractivity contribution < 1.29 is 4.39 Å². The summed E-state index contributed by atoms with van der Waals surface area (Å²) in [5.74, 6) is -0.116. The molecule has 1 atom stereocenters. The van der Waals surface area contributed by atoms with E-state index in [1.807, 2.05) is 24.3 Å². The zero-order valence-electron chi connectivity index (χ0n) is 11.0. The van der Waals surface area contributed by atoms with E-state index in [9.17, 15) is 4.39 Å². The standard InChI is InChI=1S/C16H16Cl2FN/c17-14-5-6-16(19)13(9-14)8-11(10-20)7-12-3-1-2-4-15(12)18/h1-6,9,11H,7-8,10,20H2. The maximum Gasteiger partial charge on any atom is 0.126 e. The van der Waals surface area contributed by atoms with Crippen molar-refractivity contribution in [3.63, 3.8) is 0 Å². The van der Waals surface area contributed by atoms with E-state index in [1.165, 1.54) is 6.07 Å². The molecule has 0 aliphatic rings. The van der Waals surface area contributed by atoms with Gasteiger partial charge in [-0.1, -0.05) is 41.4 Å². The Morgan fingerprint density at radius 3 is 2.40 bits per heavy atom. The van der Waals surface area contributed by atoms with Crippen LogP contribution in [0.1, 0.15) is 11.1 Å². The van der Waals surface area contributed by atoms with E-state index in [4.69, 9.17) is 28.9 Å². The first-order valence-electron chi connectivity index (χ1n) is 6.47. The van der Waals surface area contributed by atoms with Crippen molar-refractivity contribution in [1.29, 1.82) is 0 Å². The van der Waals surface area contributed by atoms with Crippen LogP contribution >= 0.6 is 23.2 Å². The Morgan fingerprint density at radius 2 is 1.70 bits per heavy atom. The molecule has 0 aliphatic heterocycles. The minimum absolute atomic E-state index is 0.128. The van der Waals surface area contributed by atoms with Crippen molar-refractivity contribution in [2.45, 2.75) is 12.8 Å². The van der Waals surface area contributed by atoms with Gasteiger partial charge in [0.2, 0.25) is 0 Å². The summed E-state index contributed by atoms with van der Waals surface area (Å²) in [5.41, 5.74) is 7.44. The minimum atomic E-state index is -0.244. The van der Waals surface area contributed by atoms with Gasteiger partial charge in [0.15, 0.2) is 0 Å². The molecule has 0 heterocycles. The van der Waals surface area contributed by atoms with E-state index in [0.717, 1.165) is 17.0 Å². The monoisotopic (exact) mass is 311 g/mol. The quantitative estimate of drug-likeness (QED) is 0.865. The fourth-order valence-corrected chi connectivity index (χ4v) is 2.63. The zero-order valence-corrected chi connectivity index (χ0v) is 12.5. The number of hydrogen-bond donors (Lipinski definition) is 1. The van der Waals surface area contributed by atoms with Crippen LogP contribution in [0.4, 0.5) is 4.39 Å². The third kappa shape index (κ3) is 3.95. The molecule has 0 saturated carbocycles. The summed E-state index contributed by atoms with van der Waals surface area (Å²) in [6, 6.07) is 12.2. The van der Waals surface area contributed by atoms with Crippen molar-refractivity contribution >= 4 is 23.2 Å². The van der Waals surface area contributed by atoms with E-state index in [1.54, 1.807) is 12.1 Å². The number of benzene rings is 2. The molecule has 0 saturated heterocycles. The molecular formula is C16H16Cl2FN. The third-order valence-electron chi connectivity index (χ3n) is 3.32. The highest BCUT2D eigenvalue weighted by Gasteiger charge is 2.13. The topological polar surface area (TPSA) is 26.0 Å². The zero-order chi connectivity index (χ0) is 14.5. The normalized spacial score (nSPS) is 12.4. The molecule has 0 aliphatic carbocycles. The number of halogens is 3. The summed E-state index contributed by atoms with van der Waals surface area (Å²) < 4.78 is 13.8. The Labute approximate surface area is 128 Å². The van der Waals surface area contributed by atoms with Crippen molar-refractivity contribution in [2.75, 3.05) is 6.54 Å². The van der Waals surface area contributed by atoms with Crippen LogP contribution in [-0.2, 0) is 12.8 Å². The van der Waals surface area contributed by atoms with Crippen molar-refractivity contribution in [3.8, 4) is 0 Å². The van der Waals surface area contributed by atoms with Crippen molar-refractivity contribution in [2.24, 2.45) is 11.7 Å². The van der Waals surface area contributed by atoms with Crippen molar-refractivity contribution in [3.05, 3.63) is 69.5 Å². The predicted molar refractivity (Wildman–Crippen MR) is 82.8 cm³/mol. The molecule has 1 nitrogen and oxygen atoms in total. The molecule has 4 heteroatoms. The van der Waals surface area contributed by atoms with Gasteiger partial charge in [-0.2, -0.15) is 0 Å². The third-order valence-corrected chi connectivity index (χ3v) is 3.92. The lowest BCUT2D eigenvalue weighted by Crippen LogP contribution is -2.20. The van der Waals surface area contributed by atoms with Crippen LogP contribution in [0.25, 0.3) is 0 Å². The number of rotatable bonds is 5. The van der Waals surface area contributed by atoms with Crippen molar-refractivity contribution in [1.82, 2.24) is 0 Å². The van der Waals surface area contributed by atoms with Gasteiger partial charge in [-0.25, -0.2) is 4.39 Å². The summed E-state index contributed by atoms with van der Waals surface area (Å²) >= 11 is 12.1. The first-order chi connectivity index (χ1) is 9.60. The van der Waals surface area contributed by atoms with Crippen LogP contribution in [0.15, 0.2) is 42.5 Å². The molecule has 106 valence electrons. The summed E-state index contributed by atoms with van der Waals surface area (Å²) in [7, 11) is 0. The largest absolute Gasteiger partial charge is 0.330 e. The summed E-state index contributed by atoms with van der Waals surface area (Å²) in [5, 5.41) is 1.26. The fraction of sp³-hybridized carbons (Fsp3) is 0.250. The second kappa shape index (κ2) is 7.07. The Kier molecular flexibility index (Phi) is 5.41. The predicted octanol–water partition coefficient (Wildman–Crippen LogP) is 4.49. The second-order valence-electron chi connectivity index (χ2n) is 4.84. The van der Waals surface area contributed by atoms with E-state index in [0.29, 0.717) is 23.6 Å². The van der Waals surface area contributed by atoms with Gasteiger partial charge >= 0.3 is 0 Å². The Morgan fingerprint density at radius 1 is 1.00 bits per heavy atom. The molecule has 2 aromatic carbocycles. The van der Waals surface area contributed by atoms with Crippen LogP contribution in [-0.4, -0.2) is 6.54 Å². The molecular weight excluding hydrogens is 296 g/mol. The molecule has 0 spiro atoms. The molecule has 20 heavy (non-hydrogen) atoms. The highest BCUT2D eigenvalue weighted by Crippen LogP contribution is 2.23. The molecule has 0 fully saturated rings. The highest BCUT2D eigenvalue weighted by molar-refractivity contribution is 6.31. The molecule has 1 unspecified atom stereocenters. The van der Waals surface area contributed by atoms with E-state index in [2.05, 4.69) is 0 Å². The molecule has 0 amide bonds. The number of hydrogen-bond acceptors (Lipinski definition) is 1. The van der Waals surface area contributed by atoms with Crippen LogP contribution in [0.3, 0.4) is 0 Å². The van der Waals surface area contributed by atoms with Crippen LogP contribution in [0, 0.1) is 11.7 Å². The van der Waals surface area contributed by atoms with Gasteiger partial charge < -0.3 is 5.73 Å². The molecule has 0 aromatic heterocycles. The van der Waals surface area contributed by atoms with Crippen LogP contribution in [0.2, 0.25) is 10.0 Å². The minimum Gasteiger partial charge on any atom is -0.330 e. The first kappa shape index (κ1) is 15.3. The summed E-state index contributed by atoms with van der Waals surface area (Å²) in [4.78, 5) is 0. The van der Waals surface area contributed by atoms with Gasteiger partial charge in [0.1, 0.15) is 5.82 Å². The van der Waals surface area contributed by atoms with Gasteiger partial charge in [0.25, 0.3) is 0 Å². The maximum absolute atomic E-state index is 13.8. The van der Waals surface area contributed by atoms with Gasteiger partial charge in [-0.3, -0.25) is 0 Å². The Hall–Kier alpha value is -1.09. The lowest BCUT2D eigenvalue weighted by Gasteiger charge is -2.16. The van der Waals surface area contributed by atoms with E-state index < -0.39 is 0 Å². The molecule has 2 rings (SSSR count). The summed E-state index contributed by atoms with van der Waals surface area (Å²) in [6.45, 7) is 0.469. The van der Waals surface area contributed by atoms with E-state index >= 15 is 0 Å². The SMILES string of the molecule is NCC(Cc1cc(Cl)ccc1F)Cc1ccccc1Cl. The summed E-state index contributed by atoms with van der Waals surface area (Å²) in [6.07, 6.45) is 1.27. The average molecular weight is 312 g/mol. The second-order valence-corrected chi connectivity index (χ2v) is 5.68. The lowest BCUT2D eigenvalue weighted by atomic mass is 9.92.